The Morgan fingerprint density at radius 2 is 1.93 bits per heavy atom. The predicted octanol–water partition coefficient (Wildman–Crippen LogP) is 2.86. The number of phenolic OH excluding ortho intramolecular Hbond substituents is 1. The van der Waals surface area contributed by atoms with Gasteiger partial charge in [-0.25, -0.2) is 0 Å². The molecule has 0 amide bonds. The molecule has 0 aliphatic carbocycles. The van der Waals surface area contributed by atoms with Gasteiger partial charge in [-0.1, -0.05) is 24.3 Å². The summed E-state index contributed by atoms with van der Waals surface area (Å²) in [7, 11) is 0. The molecule has 2 heteroatoms. The Morgan fingerprint density at radius 3 is 2.47 bits per heavy atom. The van der Waals surface area contributed by atoms with E-state index in [0.29, 0.717) is 12.8 Å². The standard InChI is InChI=1S/C13H16O2/c1-10(2)9-13(15)8-5-11-3-6-12(14)7-4-11/h3-4,6-7,14H,1,5,8-9H2,2H3. The van der Waals surface area contributed by atoms with Crippen LogP contribution in [-0.2, 0) is 11.2 Å². The van der Waals surface area contributed by atoms with Crippen LogP contribution in [0.2, 0.25) is 0 Å². The molecule has 0 atom stereocenters. The number of benzene rings is 1. The second kappa shape index (κ2) is 5.35. The van der Waals surface area contributed by atoms with Crippen LogP contribution < -0.4 is 0 Å². The molecular weight excluding hydrogens is 188 g/mol. The average Bonchev–Trinajstić information content (AvgIpc) is 2.16. The zero-order valence-electron chi connectivity index (χ0n) is 8.99. The van der Waals surface area contributed by atoms with Gasteiger partial charge in [0.1, 0.15) is 11.5 Å². The summed E-state index contributed by atoms with van der Waals surface area (Å²) in [6, 6.07) is 6.95. The second-order valence-corrected chi connectivity index (χ2v) is 3.84. The van der Waals surface area contributed by atoms with Crippen molar-refractivity contribution in [2.24, 2.45) is 0 Å². The SMILES string of the molecule is C=C(C)CC(=O)CCc1ccc(O)cc1. The molecule has 0 radical (unpaired) electrons. The first kappa shape index (κ1) is 11.5. The maximum absolute atomic E-state index is 11.4. The number of carbonyl (C=O) groups excluding carboxylic acids is 1. The minimum absolute atomic E-state index is 0.218. The highest BCUT2D eigenvalue weighted by Crippen LogP contribution is 2.12. The van der Waals surface area contributed by atoms with E-state index in [1.54, 1.807) is 12.1 Å². The summed E-state index contributed by atoms with van der Waals surface area (Å²) >= 11 is 0. The molecule has 80 valence electrons. The van der Waals surface area contributed by atoms with Crippen LogP contribution in [0.1, 0.15) is 25.3 Å². The molecule has 1 N–H and O–H groups in total. The Balaban J connectivity index is 2.40. The van der Waals surface area contributed by atoms with E-state index in [9.17, 15) is 4.79 Å². The largest absolute Gasteiger partial charge is 0.508 e. The fraction of sp³-hybridized carbons (Fsp3) is 0.308. The number of ketones is 1. The number of phenols is 1. The van der Waals surface area contributed by atoms with Crippen molar-refractivity contribution in [3.8, 4) is 5.75 Å². The van der Waals surface area contributed by atoms with Crippen molar-refractivity contribution >= 4 is 5.78 Å². The molecule has 1 aromatic carbocycles. The maximum Gasteiger partial charge on any atom is 0.137 e. The van der Waals surface area contributed by atoms with Crippen LogP contribution in [0.5, 0.6) is 5.75 Å². The summed E-state index contributed by atoms with van der Waals surface area (Å²) in [6.07, 6.45) is 1.74. The highest BCUT2D eigenvalue weighted by atomic mass is 16.3. The highest BCUT2D eigenvalue weighted by Gasteiger charge is 2.02. The molecule has 0 aromatic heterocycles. The first-order chi connectivity index (χ1) is 7.08. The van der Waals surface area contributed by atoms with Crippen LogP contribution in [0, 0.1) is 0 Å². The van der Waals surface area contributed by atoms with Crippen LogP contribution in [-0.4, -0.2) is 10.9 Å². The molecule has 0 spiro atoms. The third kappa shape index (κ3) is 4.45. The van der Waals surface area contributed by atoms with Gasteiger partial charge < -0.3 is 5.11 Å². The molecule has 0 heterocycles. The molecule has 0 saturated carbocycles. The van der Waals surface area contributed by atoms with E-state index in [2.05, 4.69) is 6.58 Å². The number of hydrogen-bond acceptors (Lipinski definition) is 2. The molecule has 2 nitrogen and oxygen atoms in total. The van der Waals surface area contributed by atoms with Crippen LogP contribution in [0.15, 0.2) is 36.4 Å². The summed E-state index contributed by atoms with van der Waals surface area (Å²) in [5, 5.41) is 9.07. The van der Waals surface area contributed by atoms with Crippen molar-refractivity contribution in [2.75, 3.05) is 0 Å². The van der Waals surface area contributed by atoms with E-state index >= 15 is 0 Å². The summed E-state index contributed by atoms with van der Waals surface area (Å²) in [6.45, 7) is 5.57. The second-order valence-electron chi connectivity index (χ2n) is 3.84. The summed E-state index contributed by atoms with van der Waals surface area (Å²) in [5.41, 5.74) is 1.98. The Kier molecular flexibility index (Phi) is 4.10. The van der Waals surface area contributed by atoms with Crippen molar-refractivity contribution in [2.45, 2.75) is 26.2 Å². The normalized spacial score (nSPS) is 9.93. The number of allylic oxidation sites excluding steroid dienone is 1. The molecule has 0 saturated heterocycles. The first-order valence-electron chi connectivity index (χ1n) is 5.02. The van der Waals surface area contributed by atoms with Gasteiger partial charge in [-0.05, 0) is 31.0 Å². The van der Waals surface area contributed by atoms with Crippen molar-refractivity contribution < 1.29 is 9.90 Å². The molecule has 0 aliphatic rings. The molecule has 0 fully saturated rings. The van der Waals surface area contributed by atoms with Gasteiger partial charge in [-0.15, -0.1) is 0 Å². The van der Waals surface area contributed by atoms with Gasteiger partial charge in [0.25, 0.3) is 0 Å². The van der Waals surface area contributed by atoms with Gasteiger partial charge in [0.2, 0.25) is 0 Å². The van der Waals surface area contributed by atoms with E-state index in [1.807, 2.05) is 19.1 Å². The first-order valence-corrected chi connectivity index (χ1v) is 5.02. The summed E-state index contributed by atoms with van der Waals surface area (Å²) < 4.78 is 0. The Labute approximate surface area is 90.3 Å². The molecule has 0 bridgehead atoms. The van der Waals surface area contributed by atoms with E-state index in [4.69, 9.17) is 5.11 Å². The van der Waals surface area contributed by atoms with Crippen LogP contribution >= 0.6 is 0 Å². The van der Waals surface area contributed by atoms with Crippen LogP contribution in [0.25, 0.3) is 0 Å². The molecule has 0 unspecified atom stereocenters. The molecule has 0 aliphatic heterocycles. The van der Waals surface area contributed by atoms with E-state index < -0.39 is 0 Å². The lowest BCUT2D eigenvalue weighted by atomic mass is 10.0. The third-order valence-corrected chi connectivity index (χ3v) is 2.13. The lowest BCUT2D eigenvalue weighted by molar-refractivity contribution is -0.118. The number of aromatic hydroxyl groups is 1. The van der Waals surface area contributed by atoms with E-state index in [1.165, 1.54) is 0 Å². The fourth-order valence-corrected chi connectivity index (χ4v) is 1.37. The van der Waals surface area contributed by atoms with Gasteiger partial charge >= 0.3 is 0 Å². The summed E-state index contributed by atoms with van der Waals surface area (Å²) in [5.74, 6) is 0.475. The van der Waals surface area contributed by atoms with Gasteiger partial charge in [0.05, 0.1) is 0 Å². The van der Waals surface area contributed by atoms with Gasteiger partial charge in [-0.2, -0.15) is 0 Å². The fourth-order valence-electron chi connectivity index (χ4n) is 1.37. The van der Waals surface area contributed by atoms with Crippen molar-refractivity contribution in [1.82, 2.24) is 0 Å². The Morgan fingerprint density at radius 1 is 1.33 bits per heavy atom. The number of carbonyl (C=O) groups is 1. The van der Waals surface area contributed by atoms with Crippen molar-refractivity contribution in [3.63, 3.8) is 0 Å². The zero-order chi connectivity index (χ0) is 11.3. The molecule has 1 rings (SSSR count). The predicted molar refractivity (Wildman–Crippen MR) is 60.9 cm³/mol. The van der Waals surface area contributed by atoms with Crippen molar-refractivity contribution in [1.29, 1.82) is 0 Å². The Hall–Kier alpha value is -1.57. The Bertz CT molecular complexity index is 349. The number of Topliss-reactive ketones (excluding diaryl/α,β-unsaturated/α-hetero) is 1. The van der Waals surface area contributed by atoms with E-state index in [0.717, 1.165) is 17.6 Å². The zero-order valence-corrected chi connectivity index (χ0v) is 8.99. The molecule has 1 aromatic rings. The lowest BCUT2D eigenvalue weighted by Gasteiger charge is -2.01. The van der Waals surface area contributed by atoms with Crippen LogP contribution in [0.3, 0.4) is 0 Å². The average molecular weight is 204 g/mol. The van der Waals surface area contributed by atoms with E-state index in [-0.39, 0.29) is 11.5 Å². The topological polar surface area (TPSA) is 37.3 Å². The quantitative estimate of drug-likeness (QED) is 0.749. The number of rotatable bonds is 5. The van der Waals surface area contributed by atoms with Crippen LogP contribution in [0.4, 0.5) is 0 Å². The molecule has 15 heavy (non-hydrogen) atoms. The van der Waals surface area contributed by atoms with Gasteiger partial charge in [-0.3, -0.25) is 4.79 Å². The lowest BCUT2D eigenvalue weighted by Crippen LogP contribution is -2.00. The minimum Gasteiger partial charge on any atom is -0.508 e. The number of aryl methyl sites for hydroxylation is 1. The molecular formula is C13H16O2. The van der Waals surface area contributed by atoms with Crippen molar-refractivity contribution in [3.05, 3.63) is 42.0 Å². The monoisotopic (exact) mass is 204 g/mol. The van der Waals surface area contributed by atoms with Gasteiger partial charge in [0.15, 0.2) is 0 Å². The summed E-state index contributed by atoms with van der Waals surface area (Å²) in [4.78, 5) is 11.4. The maximum atomic E-state index is 11.4. The smallest absolute Gasteiger partial charge is 0.137 e. The highest BCUT2D eigenvalue weighted by molar-refractivity contribution is 5.80. The van der Waals surface area contributed by atoms with Gasteiger partial charge in [0, 0.05) is 12.8 Å². The third-order valence-electron chi connectivity index (χ3n) is 2.13. The number of hydrogen-bond donors (Lipinski definition) is 1. The minimum atomic E-state index is 0.218.